The van der Waals surface area contributed by atoms with Crippen molar-refractivity contribution < 1.29 is 68.5 Å². The number of fused-ring (bicyclic) bond motifs is 2. The standard InChI is InChI=1S/C18H28N4.2C13H8F3N3.2Pt/c1-13-17(14(2)20-19-13)11-9-7-5-6-8-10-12-18-15(3)21-22-16(18)4;2*1-18-7-19(13-11(18)3-2-4-17-13)8-5-9(14)12(16)10(15)6-8;;/h5-12H2,1-4H3;2*2-5,7H,1H3;;/q3*-2;;. The summed E-state index contributed by atoms with van der Waals surface area (Å²) in [4.78, 5) is 14.7. The molecule has 0 bridgehead atoms. The third-order valence-electron chi connectivity index (χ3n) is 10.2. The van der Waals surface area contributed by atoms with Crippen molar-refractivity contribution in [1.82, 2.24) is 30.4 Å². The zero-order chi connectivity index (χ0) is 43.1. The molecule has 6 heterocycles. The fourth-order valence-corrected chi connectivity index (χ4v) is 6.97. The Labute approximate surface area is 387 Å². The Morgan fingerprint density at radius 3 is 1.29 bits per heavy atom. The first-order valence-corrected chi connectivity index (χ1v) is 19.4. The van der Waals surface area contributed by atoms with Crippen molar-refractivity contribution in [2.75, 3.05) is 33.7 Å². The number of hydrogen-bond acceptors (Lipinski definition) is 8. The van der Waals surface area contributed by atoms with E-state index in [0.717, 1.165) is 59.1 Å². The molecule has 0 amide bonds. The van der Waals surface area contributed by atoms with Crippen LogP contribution < -0.4 is 29.8 Å². The summed E-state index contributed by atoms with van der Waals surface area (Å²) in [7, 11) is 3.55. The molecule has 10 nitrogen and oxygen atoms in total. The third kappa shape index (κ3) is 11.7. The molecule has 8 rings (SSSR count). The van der Waals surface area contributed by atoms with Crippen LogP contribution in [0, 0.1) is 88.1 Å². The van der Waals surface area contributed by atoms with Gasteiger partial charge in [-0.15, -0.1) is 35.7 Å². The zero-order valence-electron chi connectivity index (χ0n) is 34.8. The first kappa shape index (κ1) is 50.0. The van der Waals surface area contributed by atoms with Gasteiger partial charge in [0.1, 0.15) is 11.6 Å². The Balaban J connectivity index is 0.000000202. The van der Waals surface area contributed by atoms with Gasteiger partial charge in [-0.3, -0.25) is 8.78 Å². The zero-order valence-corrected chi connectivity index (χ0v) is 39.3. The fourth-order valence-electron chi connectivity index (χ4n) is 6.97. The predicted octanol–water partition coefficient (Wildman–Crippen LogP) is 9.76. The molecule has 0 aliphatic carbocycles. The average Bonchev–Trinajstić information content (AvgIpc) is 3.96. The van der Waals surface area contributed by atoms with Crippen LogP contribution >= 0.6 is 0 Å². The summed E-state index contributed by atoms with van der Waals surface area (Å²) in [5.74, 6) is -7.27. The molecule has 0 saturated carbocycles. The van der Waals surface area contributed by atoms with Gasteiger partial charge in [0.05, 0.1) is 23.3 Å². The number of benzene rings is 2. The number of halogens is 6. The van der Waals surface area contributed by atoms with Gasteiger partial charge in [0, 0.05) is 88.9 Å². The molecule has 6 aromatic rings. The number of rotatable bonds is 11. The number of pyridine rings is 2. The first-order chi connectivity index (χ1) is 28.7. The molecular weight excluding hydrogens is 1170 g/mol. The van der Waals surface area contributed by atoms with E-state index in [1.54, 1.807) is 61.8 Å². The van der Waals surface area contributed by atoms with Crippen LogP contribution in [-0.4, -0.2) is 34.3 Å². The molecule has 338 valence electrons. The van der Waals surface area contributed by atoms with E-state index < -0.39 is 34.9 Å². The van der Waals surface area contributed by atoms with Crippen LogP contribution in [0.3, 0.4) is 0 Å². The van der Waals surface area contributed by atoms with Gasteiger partial charge in [0.2, 0.25) is 0 Å². The number of aryl methyl sites for hydroxylation is 4. The molecule has 4 aromatic heterocycles. The number of aromatic nitrogens is 6. The summed E-state index contributed by atoms with van der Waals surface area (Å²) >= 11 is 0. The summed E-state index contributed by atoms with van der Waals surface area (Å²) in [6, 6.07) is 13.2. The van der Waals surface area contributed by atoms with Crippen LogP contribution in [0.5, 0.6) is 0 Å². The van der Waals surface area contributed by atoms with Gasteiger partial charge in [0.25, 0.3) is 0 Å². The molecule has 0 atom stereocenters. The SMILES string of the molecule is CN1[CH-]N(c2[c-]c(F)c(F)c(F)c2)c2ncccc21.CN1[CH-]N(c2[c-]c(F)c(F)c(F)c2)c2ncccc21.Cc1n[n-]c(C)c1CCCCCCCCc1c(C)n[n-]c1C.[Pt].[Pt]. The van der Waals surface area contributed by atoms with Crippen LogP contribution in [-0.2, 0) is 55.0 Å². The molecule has 2 aromatic carbocycles. The van der Waals surface area contributed by atoms with Crippen LogP contribution in [0.15, 0.2) is 48.8 Å². The van der Waals surface area contributed by atoms with Gasteiger partial charge < -0.3 is 40.0 Å². The van der Waals surface area contributed by atoms with Gasteiger partial charge >= 0.3 is 0 Å². The second-order valence-electron chi connectivity index (χ2n) is 14.5. The molecule has 0 fully saturated rings. The van der Waals surface area contributed by atoms with E-state index in [-0.39, 0.29) is 53.5 Å². The van der Waals surface area contributed by atoms with E-state index in [2.05, 4.69) is 70.2 Å². The fraction of sp³-hybridized carbons (Fsp3) is 0.318. The van der Waals surface area contributed by atoms with Gasteiger partial charge in [0.15, 0.2) is 0 Å². The topological polar surface area (TPSA) is 92.7 Å². The minimum absolute atomic E-state index is 0. The maximum absolute atomic E-state index is 13.3. The van der Waals surface area contributed by atoms with E-state index in [1.807, 2.05) is 12.1 Å². The molecule has 0 saturated heterocycles. The van der Waals surface area contributed by atoms with Crippen LogP contribution in [0.4, 0.5) is 60.7 Å². The van der Waals surface area contributed by atoms with Crippen LogP contribution in [0.25, 0.3) is 0 Å². The predicted molar refractivity (Wildman–Crippen MR) is 218 cm³/mol. The quantitative estimate of drug-likeness (QED) is 0.0541. The first-order valence-electron chi connectivity index (χ1n) is 19.4. The van der Waals surface area contributed by atoms with Crippen molar-refractivity contribution in [3.05, 3.63) is 143 Å². The van der Waals surface area contributed by atoms with Crippen molar-refractivity contribution >= 4 is 34.4 Å². The Morgan fingerprint density at radius 2 is 0.952 bits per heavy atom. The normalized spacial score (nSPS) is 12.5. The largest absolute Gasteiger partial charge is 0.579 e. The van der Waals surface area contributed by atoms with E-state index in [9.17, 15) is 26.3 Å². The van der Waals surface area contributed by atoms with E-state index in [4.69, 9.17) is 0 Å². The minimum atomic E-state index is -1.53. The van der Waals surface area contributed by atoms with Crippen molar-refractivity contribution in [2.24, 2.45) is 0 Å². The monoisotopic (exact) mass is 1220 g/mol. The summed E-state index contributed by atoms with van der Waals surface area (Å²) in [6.07, 6.45) is 13.2. The summed E-state index contributed by atoms with van der Waals surface area (Å²) in [5.41, 5.74) is 8.84. The molecule has 2 aliphatic rings. The molecule has 0 N–H and O–H groups in total. The van der Waals surface area contributed by atoms with Crippen LogP contribution in [0.1, 0.15) is 72.4 Å². The molecule has 0 unspecified atom stereocenters. The Kier molecular flexibility index (Phi) is 18.2. The van der Waals surface area contributed by atoms with E-state index in [0.29, 0.717) is 11.6 Å². The smallest absolute Gasteiger partial charge is 0.124 e. The van der Waals surface area contributed by atoms with Crippen LogP contribution in [0.2, 0.25) is 0 Å². The maximum Gasteiger partial charge on any atom is 0.124 e. The van der Waals surface area contributed by atoms with Crippen molar-refractivity contribution in [3.63, 3.8) is 0 Å². The van der Waals surface area contributed by atoms with Gasteiger partial charge in [-0.1, -0.05) is 50.9 Å². The molecule has 0 radical (unpaired) electrons. The third-order valence-corrected chi connectivity index (χ3v) is 10.2. The Bertz CT molecular complexity index is 2160. The Morgan fingerprint density at radius 1 is 0.581 bits per heavy atom. The van der Waals surface area contributed by atoms with E-state index >= 15 is 0 Å². The second kappa shape index (κ2) is 22.6. The second-order valence-corrected chi connectivity index (χ2v) is 14.5. The molecule has 2 aliphatic heterocycles. The summed E-state index contributed by atoms with van der Waals surface area (Å²) in [5, 5.41) is 16.5. The Hall–Kier alpha value is -4.68. The molecule has 62 heavy (non-hydrogen) atoms. The van der Waals surface area contributed by atoms with Gasteiger partial charge in [-0.25, -0.2) is 27.5 Å². The van der Waals surface area contributed by atoms with Gasteiger partial charge in [-0.2, -0.15) is 13.3 Å². The molecule has 18 heteroatoms. The molecule has 0 spiro atoms. The average molecular weight is 1220 g/mol. The minimum Gasteiger partial charge on any atom is -0.579 e. The van der Waals surface area contributed by atoms with Crippen molar-refractivity contribution in [3.8, 4) is 0 Å². The summed E-state index contributed by atoms with van der Waals surface area (Å²) in [6.45, 7) is 11.4. The van der Waals surface area contributed by atoms with E-state index in [1.165, 1.54) is 59.5 Å². The summed E-state index contributed by atoms with van der Waals surface area (Å²) < 4.78 is 78.8. The number of unbranched alkanes of at least 4 members (excludes halogenated alkanes) is 5. The maximum atomic E-state index is 13.3. The molecular formula is C44H44F6N10Pt2-6. The van der Waals surface area contributed by atoms with Crippen molar-refractivity contribution in [1.29, 1.82) is 0 Å². The number of anilines is 6. The van der Waals surface area contributed by atoms with Crippen molar-refractivity contribution in [2.45, 2.75) is 79.1 Å². The number of nitrogens with zero attached hydrogens (tertiary/aromatic N) is 10. The van der Waals surface area contributed by atoms with Gasteiger partial charge in [-0.05, 0) is 89.0 Å². The number of hydrogen-bond donors (Lipinski definition) is 0.